The molecule has 0 aliphatic heterocycles. The molecule has 0 aliphatic rings. The molecule has 2 aromatic rings. The van der Waals surface area contributed by atoms with Crippen molar-refractivity contribution in [1.82, 2.24) is 5.32 Å². The molecule has 1 unspecified atom stereocenters. The Morgan fingerprint density at radius 3 is 2.73 bits per heavy atom. The molecule has 1 atom stereocenters. The average molecular weight is 322 g/mol. The van der Waals surface area contributed by atoms with Gasteiger partial charge in [-0.2, -0.15) is 0 Å². The molecule has 0 aliphatic carbocycles. The molecule has 3 nitrogen and oxygen atoms in total. The van der Waals surface area contributed by atoms with Gasteiger partial charge in [-0.05, 0) is 43.7 Å². The number of carbonyl (C=O) groups is 1. The summed E-state index contributed by atoms with van der Waals surface area (Å²) in [7, 11) is 0. The maximum Gasteiger partial charge on any atom is 0.254 e. The van der Waals surface area contributed by atoms with Crippen LogP contribution in [0.4, 0.5) is 4.39 Å². The summed E-state index contributed by atoms with van der Waals surface area (Å²) in [6, 6.07) is 11.3. The van der Waals surface area contributed by atoms with E-state index in [1.54, 1.807) is 6.92 Å². The predicted octanol–water partition coefficient (Wildman–Crippen LogP) is 3.98. The van der Waals surface area contributed by atoms with Crippen molar-refractivity contribution in [2.45, 2.75) is 19.9 Å². The van der Waals surface area contributed by atoms with Crippen molar-refractivity contribution < 1.29 is 13.9 Å². The highest BCUT2D eigenvalue weighted by Gasteiger charge is 2.15. The standard InChI is InChI=1S/C17H17ClFNO2/c1-11-5-3-4-6-16(11)22-10-12(2)20-17(21)14-8-7-13(18)9-15(14)19/h3-9,12H,10H2,1-2H3,(H,20,21). The summed E-state index contributed by atoms with van der Waals surface area (Å²) in [5.41, 5.74) is 0.983. The van der Waals surface area contributed by atoms with Crippen LogP contribution in [0.1, 0.15) is 22.8 Å². The summed E-state index contributed by atoms with van der Waals surface area (Å²) in [5.74, 6) is -0.367. The van der Waals surface area contributed by atoms with Gasteiger partial charge in [-0.25, -0.2) is 4.39 Å². The third-order valence-corrected chi connectivity index (χ3v) is 3.37. The molecule has 0 fully saturated rings. The van der Waals surface area contributed by atoms with E-state index in [1.165, 1.54) is 12.1 Å². The first-order chi connectivity index (χ1) is 10.5. The van der Waals surface area contributed by atoms with E-state index in [1.807, 2.05) is 31.2 Å². The summed E-state index contributed by atoms with van der Waals surface area (Å²) in [6.07, 6.45) is 0. The van der Waals surface area contributed by atoms with E-state index in [0.717, 1.165) is 17.4 Å². The molecule has 0 aromatic heterocycles. The molecule has 2 rings (SSSR count). The Labute approximate surface area is 134 Å². The zero-order valence-electron chi connectivity index (χ0n) is 12.4. The van der Waals surface area contributed by atoms with Crippen molar-refractivity contribution in [3.8, 4) is 5.75 Å². The van der Waals surface area contributed by atoms with Gasteiger partial charge in [0.15, 0.2) is 0 Å². The highest BCUT2D eigenvalue weighted by Crippen LogP contribution is 2.17. The van der Waals surface area contributed by atoms with Gasteiger partial charge in [-0.15, -0.1) is 0 Å². The number of hydrogen-bond donors (Lipinski definition) is 1. The van der Waals surface area contributed by atoms with Gasteiger partial charge in [0.25, 0.3) is 5.91 Å². The Kier molecular flexibility index (Phi) is 5.39. The molecule has 0 bridgehead atoms. The van der Waals surface area contributed by atoms with Crippen molar-refractivity contribution >= 4 is 17.5 Å². The van der Waals surface area contributed by atoms with Gasteiger partial charge < -0.3 is 10.1 Å². The van der Waals surface area contributed by atoms with E-state index < -0.39 is 11.7 Å². The van der Waals surface area contributed by atoms with Crippen LogP contribution in [0.3, 0.4) is 0 Å². The molecule has 0 spiro atoms. The second-order valence-electron chi connectivity index (χ2n) is 5.08. The van der Waals surface area contributed by atoms with Crippen molar-refractivity contribution in [1.29, 1.82) is 0 Å². The van der Waals surface area contributed by atoms with Crippen LogP contribution in [0, 0.1) is 12.7 Å². The lowest BCUT2D eigenvalue weighted by molar-refractivity contribution is 0.0922. The van der Waals surface area contributed by atoms with Crippen molar-refractivity contribution in [3.05, 3.63) is 64.4 Å². The lowest BCUT2D eigenvalue weighted by atomic mass is 10.2. The van der Waals surface area contributed by atoms with Gasteiger partial charge in [0.2, 0.25) is 0 Å². The normalized spacial score (nSPS) is 11.8. The Morgan fingerprint density at radius 1 is 1.32 bits per heavy atom. The fraction of sp³-hybridized carbons (Fsp3) is 0.235. The maximum atomic E-state index is 13.7. The predicted molar refractivity (Wildman–Crippen MR) is 85.0 cm³/mol. The number of amides is 1. The van der Waals surface area contributed by atoms with Crippen LogP contribution in [0.2, 0.25) is 5.02 Å². The number of carbonyl (C=O) groups excluding carboxylic acids is 1. The topological polar surface area (TPSA) is 38.3 Å². The molecule has 5 heteroatoms. The Morgan fingerprint density at radius 2 is 2.05 bits per heavy atom. The van der Waals surface area contributed by atoms with Gasteiger partial charge in [-0.1, -0.05) is 29.8 Å². The number of ether oxygens (including phenoxy) is 1. The number of para-hydroxylation sites is 1. The Balaban J connectivity index is 1.93. The van der Waals surface area contributed by atoms with Crippen LogP contribution in [0.5, 0.6) is 5.75 Å². The molecule has 1 N–H and O–H groups in total. The third kappa shape index (κ3) is 4.21. The average Bonchev–Trinajstić information content (AvgIpc) is 2.46. The monoisotopic (exact) mass is 321 g/mol. The molecule has 0 radical (unpaired) electrons. The molecular weight excluding hydrogens is 305 g/mol. The summed E-state index contributed by atoms with van der Waals surface area (Å²) in [4.78, 5) is 12.0. The SMILES string of the molecule is Cc1ccccc1OCC(C)NC(=O)c1ccc(Cl)cc1F. The summed E-state index contributed by atoms with van der Waals surface area (Å²) in [6.45, 7) is 4.04. The summed E-state index contributed by atoms with van der Waals surface area (Å²) < 4.78 is 19.3. The van der Waals surface area contributed by atoms with Crippen LogP contribution in [0.25, 0.3) is 0 Å². The second-order valence-corrected chi connectivity index (χ2v) is 5.51. The first-order valence-corrected chi connectivity index (χ1v) is 7.29. The van der Waals surface area contributed by atoms with E-state index in [0.29, 0.717) is 6.61 Å². The van der Waals surface area contributed by atoms with E-state index in [4.69, 9.17) is 16.3 Å². The summed E-state index contributed by atoms with van der Waals surface area (Å²) >= 11 is 5.67. The lowest BCUT2D eigenvalue weighted by Gasteiger charge is -2.16. The van der Waals surface area contributed by atoms with Crippen LogP contribution in [0.15, 0.2) is 42.5 Å². The molecule has 0 saturated heterocycles. The minimum Gasteiger partial charge on any atom is -0.491 e. The zero-order valence-corrected chi connectivity index (χ0v) is 13.2. The highest BCUT2D eigenvalue weighted by molar-refractivity contribution is 6.30. The molecule has 0 saturated carbocycles. The fourth-order valence-corrected chi connectivity index (χ4v) is 2.11. The van der Waals surface area contributed by atoms with Gasteiger partial charge >= 0.3 is 0 Å². The molecule has 1 amide bonds. The van der Waals surface area contributed by atoms with Gasteiger partial charge in [-0.3, -0.25) is 4.79 Å². The summed E-state index contributed by atoms with van der Waals surface area (Å²) in [5, 5.41) is 2.95. The number of nitrogens with one attached hydrogen (secondary N) is 1. The third-order valence-electron chi connectivity index (χ3n) is 3.14. The Hall–Kier alpha value is -2.07. The second kappa shape index (κ2) is 7.27. The molecule has 116 valence electrons. The maximum absolute atomic E-state index is 13.7. The van der Waals surface area contributed by atoms with Crippen LogP contribution >= 0.6 is 11.6 Å². The minimum atomic E-state index is -0.642. The van der Waals surface area contributed by atoms with Crippen LogP contribution < -0.4 is 10.1 Å². The fourth-order valence-electron chi connectivity index (χ4n) is 1.95. The number of rotatable bonds is 5. The highest BCUT2D eigenvalue weighted by atomic mass is 35.5. The molecular formula is C17H17ClFNO2. The minimum absolute atomic E-state index is 0.0351. The van der Waals surface area contributed by atoms with E-state index in [-0.39, 0.29) is 16.6 Å². The van der Waals surface area contributed by atoms with Gasteiger partial charge in [0.1, 0.15) is 18.2 Å². The largest absolute Gasteiger partial charge is 0.491 e. The van der Waals surface area contributed by atoms with Crippen molar-refractivity contribution in [2.24, 2.45) is 0 Å². The number of benzene rings is 2. The molecule has 0 heterocycles. The number of aryl methyl sites for hydroxylation is 1. The first kappa shape index (κ1) is 16.3. The van der Waals surface area contributed by atoms with Gasteiger partial charge in [0.05, 0.1) is 11.6 Å². The lowest BCUT2D eigenvalue weighted by Crippen LogP contribution is -2.37. The number of halogens is 2. The zero-order chi connectivity index (χ0) is 16.1. The molecule has 22 heavy (non-hydrogen) atoms. The van der Waals surface area contributed by atoms with E-state index >= 15 is 0 Å². The van der Waals surface area contributed by atoms with E-state index in [9.17, 15) is 9.18 Å². The van der Waals surface area contributed by atoms with E-state index in [2.05, 4.69) is 5.32 Å². The van der Waals surface area contributed by atoms with Crippen molar-refractivity contribution in [3.63, 3.8) is 0 Å². The van der Waals surface area contributed by atoms with Gasteiger partial charge in [0, 0.05) is 5.02 Å². The quantitative estimate of drug-likeness (QED) is 0.904. The van der Waals surface area contributed by atoms with Crippen LogP contribution in [-0.2, 0) is 0 Å². The van der Waals surface area contributed by atoms with Crippen molar-refractivity contribution in [2.75, 3.05) is 6.61 Å². The molecule has 2 aromatic carbocycles. The number of hydrogen-bond acceptors (Lipinski definition) is 2. The van der Waals surface area contributed by atoms with Crippen LogP contribution in [-0.4, -0.2) is 18.6 Å². The smallest absolute Gasteiger partial charge is 0.254 e. The Bertz CT molecular complexity index is 675. The first-order valence-electron chi connectivity index (χ1n) is 6.91.